The maximum Gasteiger partial charge on any atom is 0.224 e. The highest BCUT2D eigenvalue weighted by Gasteiger charge is 2.16. The molecule has 1 heterocycles. The van der Waals surface area contributed by atoms with E-state index < -0.39 is 0 Å². The molecule has 1 aromatic heterocycles. The van der Waals surface area contributed by atoms with E-state index >= 15 is 0 Å². The molecule has 1 aliphatic rings. The first-order valence-electron chi connectivity index (χ1n) is 6.07. The van der Waals surface area contributed by atoms with Crippen LogP contribution in [0.25, 0.3) is 5.70 Å². The second kappa shape index (κ2) is 4.61. The van der Waals surface area contributed by atoms with Crippen molar-refractivity contribution in [3.8, 4) is 11.6 Å². The maximum absolute atomic E-state index is 6.02. The zero-order chi connectivity index (χ0) is 13.2. The zero-order valence-corrected chi connectivity index (χ0v) is 10.3. The Kier molecular flexibility index (Phi) is 2.79. The van der Waals surface area contributed by atoms with Crippen molar-refractivity contribution in [3.05, 3.63) is 47.7 Å². The fourth-order valence-corrected chi connectivity index (χ4v) is 1.77. The number of nitrogens with zero attached hydrogens (tertiary/aromatic N) is 2. The molecule has 5 nitrogen and oxygen atoms in total. The van der Waals surface area contributed by atoms with Gasteiger partial charge in [0.2, 0.25) is 11.8 Å². The number of anilines is 1. The maximum atomic E-state index is 6.02. The lowest BCUT2D eigenvalue weighted by molar-refractivity contribution is 0.462. The Bertz CT molecular complexity index is 628. The summed E-state index contributed by atoms with van der Waals surface area (Å²) in [6, 6.07) is 9.28. The van der Waals surface area contributed by atoms with E-state index in [-0.39, 0.29) is 5.95 Å². The molecule has 0 saturated heterocycles. The predicted octanol–water partition coefficient (Wildman–Crippen LogP) is 2.31. The molecule has 1 aromatic carbocycles. The zero-order valence-electron chi connectivity index (χ0n) is 10.3. The molecule has 1 fully saturated rings. The summed E-state index contributed by atoms with van der Waals surface area (Å²) in [6.07, 6.45) is 3.79. The lowest BCUT2D eigenvalue weighted by Gasteiger charge is -2.06. The molecule has 0 unspecified atom stereocenters. The standard InChI is InChI=1S/C14H14N4O/c15-13(9-1-2-9)10-3-5-11(6-4-10)19-12-7-8-17-14(16)18-12/h3-8H,1-2,15H2,(H2,16,17,18). The highest BCUT2D eigenvalue weighted by molar-refractivity contribution is 5.69. The average molecular weight is 254 g/mol. The van der Waals surface area contributed by atoms with E-state index in [9.17, 15) is 0 Å². The van der Waals surface area contributed by atoms with E-state index in [0.29, 0.717) is 11.6 Å². The second-order valence-electron chi connectivity index (χ2n) is 4.40. The fraction of sp³-hybridized carbons (Fsp3) is 0.143. The molecule has 2 aromatic rings. The minimum absolute atomic E-state index is 0.192. The number of nitrogens with two attached hydrogens (primary N) is 2. The number of rotatable bonds is 3. The summed E-state index contributed by atoms with van der Waals surface area (Å²) < 4.78 is 5.58. The van der Waals surface area contributed by atoms with Crippen LogP contribution >= 0.6 is 0 Å². The molecule has 96 valence electrons. The van der Waals surface area contributed by atoms with E-state index in [4.69, 9.17) is 16.2 Å². The van der Waals surface area contributed by atoms with Crippen molar-refractivity contribution in [3.63, 3.8) is 0 Å². The van der Waals surface area contributed by atoms with E-state index in [0.717, 1.165) is 24.1 Å². The summed E-state index contributed by atoms with van der Waals surface area (Å²) in [5.41, 5.74) is 14.8. The molecule has 0 atom stereocenters. The largest absolute Gasteiger partial charge is 0.439 e. The SMILES string of the molecule is NC(=C1CC1)c1ccc(Oc2ccnc(N)n2)cc1. The van der Waals surface area contributed by atoms with Crippen LogP contribution in [-0.4, -0.2) is 9.97 Å². The highest BCUT2D eigenvalue weighted by atomic mass is 16.5. The van der Waals surface area contributed by atoms with Crippen molar-refractivity contribution in [1.29, 1.82) is 0 Å². The third-order valence-corrected chi connectivity index (χ3v) is 2.92. The van der Waals surface area contributed by atoms with Crippen LogP contribution in [0.1, 0.15) is 18.4 Å². The fourth-order valence-electron chi connectivity index (χ4n) is 1.77. The number of hydrogen-bond acceptors (Lipinski definition) is 5. The number of ether oxygens (including phenoxy) is 1. The summed E-state index contributed by atoms with van der Waals surface area (Å²) in [5, 5.41) is 0. The van der Waals surface area contributed by atoms with E-state index in [2.05, 4.69) is 9.97 Å². The lowest BCUT2D eigenvalue weighted by atomic mass is 10.1. The molecule has 4 N–H and O–H groups in total. The van der Waals surface area contributed by atoms with Gasteiger partial charge in [0.15, 0.2) is 0 Å². The van der Waals surface area contributed by atoms with Crippen LogP contribution in [0, 0.1) is 0 Å². The van der Waals surface area contributed by atoms with E-state index in [1.165, 1.54) is 5.57 Å². The van der Waals surface area contributed by atoms with Crippen molar-refractivity contribution >= 4 is 11.6 Å². The van der Waals surface area contributed by atoms with Gasteiger partial charge in [0, 0.05) is 18.0 Å². The van der Waals surface area contributed by atoms with Crippen molar-refractivity contribution in [2.75, 3.05) is 5.73 Å². The predicted molar refractivity (Wildman–Crippen MR) is 73.3 cm³/mol. The van der Waals surface area contributed by atoms with Crippen LogP contribution in [0.4, 0.5) is 5.95 Å². The van der Waals surface area contributed by atoms with Gasteiger partial charge in [-0.05, 0) is 48.2 Å². The molecule has 0 spiro atoms. The quantitative estimate of drug-likeness (QED) is 0.877. The lowest BCUT2D eigenvalue weighted by Crippen LogP contribution is -1.97. The second-order valence-corrected chi connectivity index (χ2v) is 4.40. The third kappa shape index (κ3) is 2.65. The molecule has 3 rings (SSSR count). The number of allylic oxidation sites excluding steroid dienone is 1. The summed E-state index contributed by atoms with van der Waals surface area (Å²) in [7, 11) is 0. The molecule has 0 radical (unpaired) electrons. The van der Waals surface area contributed by atoms with Crippen LogP contribution in [0.2, 0.25) is 0 Å². The molecular weight excluding hydrogens is 240 g/mol. The van der Waals surface area contributed by atoms with E-state index in [1.54, 1.807) is 12.3 Å². The van der Waals surface area contributed by atoms with Gasteiger partial charge >= 0.3 is 0 Å². The van der Waals surface area contributed by atoms with Gasteiger partial charge in [0.25, 0.3) is 0 Å². The topological polar surface area (TPSA) is 87.0 Å². The van der Waals surface area contributed by atoms with Crippen LogP contribution in [0.5, 0.6) is 11.6 Å². The first-order valence-corrected chi connectivity index (χ1v) is 6.07. The first-order chi connectivity index (χ1) is 9.22. The normalized spacial score (nSPS) is 13.2. The third-order valence-electron chi connectivity index (χ3n) is 2.92. The van der Waals surface area contributed by atoms with Crippen LogP contribution in [-0.2, 0) is 0 Å². The number of aromatic nitrogens is 2. The Balaban J connectivity index is 1.78. The molecule has 0 aliphatic heterocycles. The summed E-state index contributed by atoms with van der Waals surface area (Å²) in [4.78, 5) is 7.78. The van der Waals surface area contributed by atoms with Crippen molar-refractivity contribution in [1.82, 2.24) is 9.97 Å². The minimum atomic E-state index is 0.192. The highest BCUT2D eigenvalue weighted by Crippen LogP contribution is 2.34. The van der Waals surface area contributed by atoms with Gasteiger partial charge in [0.1, 0.15) is 5.75 Å². The van der Waals surface area contributed by atoms with Gasteiger partial charge < -0.3 is 16.2 Å². The number of benzene rings is 1. The average Bonchev–Trinajstić information content (AvgIpc) is 3.23. The Hall–Kier alpha value is -2.56. The number of nitrogen functional groups attached to an aromatic ring is 1. The Morgan fingerprint density at radius 2 is 1.84 bits per heavy atom. The molecule has 1 aliphatic carbocycles. The summed E-state index contributed by atoms with van der Waals surface area (Å²) >= 11 is 0. The number of hydrogen-bond donors (Lipinski definition) is 2. The van der Waals surface area contributed by atoms with Gasteiger partial charge in [-0.25, -0.2) is 4.98 Å². The van der Waals surface area contributed by atoms with Gasteiger partial charge in [-0.15, -0.1) is 0 Å². The molecule has 19 heavy (non-hydrogen) atoms. The van der Waals surface area contributed by atoms with Crippen molar-refractivity contribution in [2.45, 2.75) is 12.8 Å². The monoisotopic (exact) mass is 254 g/mol. The Morgan fingerprint density at radius 3 is 2.47 bits per heavy atom. The first kappa shape index (κ1) is 11.5. The Morgan fingerprint density at radius 1 is 1.11 bits per heavy atom. The Labute approximate surface area is 110 Å². The van der Waals surface area contributed by atoms with Gasteiger partial charge in [-0.1, -0.05) is 0 Å². The molecular formula is C14H14N4O. The van der Waals surface area contributed by atoms with Gasteiger partial charge in [-0.3, -0.25) is 0 Å². The molecule has 1 saturated carbocycles. The smallest absolute Gasteiger partial charge is 0.224 e. The molecule has 5 heteroatoms. The molecule has 0 bridgehead atoms. The van der Waals surface area contributed by atoms with Crippen LogP contribution in [0.3, 0.4) is 0 Å². The van der Waals surface area contributed by atoms with Gasteiger partial charge in [-0.2, -0.15) is 4.98 Å². The molecule has 0 amide bonds. The van der Waals surface area contributed by atoms with Gasteiger partial charge in [0.05, 0.1) is 0 Å². The van der Waals surface area contributed by atoms with Crippen LogP contribution < -0.4 is 16.2 Å². The summed E-state index contributed by atoms with van der Waals surface area (Å²) in [5.74, 6) is 1.31. The minimum Gasteiger partial charge on any atom is -0.439 e. The van der Waals surface area contributed by atoms with Crippen molar-refractivity contribution < 1.29 is 4.74 Å². The summed E-state index contributed by atoms with van der Waals surface area (Å²) in [6.45, 7) is 0. The van der Waals surface area contributed by atoms with Crippen molar-refractivity contribution in [2.24, 2.45) is 5.73 Å². The van der Waals surface area contributed by atoms with Crippen LogP contribution in [0.15, 0.2) is 42.1 Å². The van der Waals surface area contributed by atoms with E-state index in [1.807, 2.05) is 24.3 Å².